The van der Waals surface area contributed by atoms with E-state index in [1.807, 2.05) is 25.1 Å². The van der Waals surface area contributed by atoms with Crippen molar-refractivity contribution in [1.29, 1.82) is 0 Å². The highest BCUT2D eigenvalue weighted by Crippen LogP contribution is 2.13. The predicted molar refractivity (Wildman–Crippen MR) is 102 cm³/mol. The number of rotatable bonds is 5. The quantitative estimate of drug-likeness (QED) is 0.879. The predicted octanol–water partition coefficient (Wildman–Crippen LogP) is 2.21. The van der Waals surface area contributed by atoms with E-state index in [2.05, 4.69) is 5.32 Å². The molecule has 0 unspecified atom stereocenters. The van der Waals surface area contributed by atoms with E-state index in [1.165, 1.54) is 17.0 Å². The van der Waals surface area contributed by atoms with Gasteiger partial charge in [0.25, 0.3) is 5.91 Å². The fraction of sp³-hybridized carbons (Fsp3) is 0.333. The van der Waals surface area contributed by atoms with E-state index >= 15 is 0 Å². The average Bonchev–Trinajstić information content (AvgIpc) is 2.69. The van der Waals surface area contributed by atoms with Crippen LogP contribution < -0.4 is 5.32 Å². The van der Waals surface area contributed by atoms with Gasteiger partial charge in [-0.2, -0.15) is 0 Å². The number of nitrogens with one attached hydrogen (secondary N) is 1. The summed E-state index contributed by atoms with van der Waals surface area (Å²) in [6.07, 6.45) is 0. The topological polar surface area (TPSA) is 52.7 Å². The Morgan fingerprint density at radius 1 is 1.11 bits per heavy atom. The largest absolute Gasteiger partial charge is 0.339 e. The number of aryl methyl sites for hydroxylation is 1. The number of hydrogen-bond acceptors (Lipinski definition) is 3. The summed E-state index contributed by atoms with van der Waals surface area (Å²) in [7, 11) is 0. The van der Waals surface area contributed by atoms with Gasteiger partial charge in [-0.15, -0.1) is 0 Å². The number of carbonyl (C=O) groups is 2. The van der Waals surface area contributed by atoms with Crippen molar-refractivity contribution in [3.63, 3.8) is 0 Å². The second-order valence-electron chi connectivity index (χ2n) is 6.79. The van der Waals surface area contributed by atoms with Crippen LogP contribution in [0.3, 0.4) is 0 Å². The molecule has 0 bridgehead atoms. The Balaban J connectivity index is 1.79. The van der Waals surface area contributed by atoms with Crippen LogP contribution in [-0.2, 0) is 11.3 Å². The zero-order chi connectivity index (χ0) is 19.2. The van der Waals surface area contributed by atoms with Crippen molar-refractivity contribution in [1.82, 2.24) is 15.1 Å². The number of carbonyl (C=O) groups excluding carboxylic acids is 2. The molecule has 0 radical (unpaired) electrons. The molecule has 2 amide bonds. The number of nitrogens with zero attached hydrogens (tertiary/aromatic N) is 2. The first kappa shape index (κ1) is 19.0. The maximum atomic E-state index is 13.2. The lowest BCUT2D eigenvalue weighted by Crippen LogP contribution is -2.50. The third-order valence-electron chi connectivity index (χ3n) is 4.63. The van der Waals surface area contributed by atoms with Crippen LogP contribution in [0.4, 0.5) is 4.39 Å². The summed E-state index contributed by atoms with van der Waals surface area (Å²) >= 11 is 0. The van der Waals surface area contributed by atoms with Gasteiger partial charge in [0.2, 0.25) is 5.91 Å². The lowest BCUT2D eigenvalue weighted by molar-refractivity contribution is -0.132. The van der Waals surface area contributed by atoms with Crippen LogP contribution in [0.1, 0.15) is 21.5 Å². The van der Waals surface area contributed by atoms with E-state index in [0.717, 1.165) is 24.2 Å². The first-order valence-corrected chi connectivity index (χ1v) is 9.12. The molecule has 142 valence electrons. The molecule has 0 atom stereocenters. The van der Waals surface area contributed by atoms with E-state index in [0.29, 0.717) is 18.7 Å². The summed E-state index contributed by atoms with van der Waals surface area (Å²) in [5, 5.41) is 3.21. The van der Waals surface area contributed by atoms with Gasteiger partial charge in [0, 0.05) is 38.3 Å². The van der Waals surface area contributed by atoms with E-state index in [1.54, 1.807) is 23.1 Å². The Morgan fingerprint density at radius 3 is 2.48 bits per heavy atom. The van der Waals surface area contributed by atoms with Crippen molar-refractivity contribution in [3.8, 4) is 0 Å². The molecule has 0 spiro atoms. The molecule has 1 heterocycles. The van der Waals surface area contributed by atoms with Crippen molar-refractivity contribution in [2.45, 2.75) is 13.5 Å². The van der Waals surface area contributed by atoms with Gasteiger partial charge < -0.3 is 15.1 Å². The van der Waals surface area contributed by atoms with Crippen molar-refractivity contribution in [2.75, 3.05) is 32.7 Å². The highest BCUT2D eigenvalue weighted by atomic mass is 19.1. The molecule has 1 aliphatic heterocycles. The van der Waals surface area contributed by atoms with E-state index < -0.39 is 0 Å². The number of piperazine rings is 1. The van der Waals surface area contributed by atoms with Crippen molar-refractivity contribution in [2.24, 2.45) is 0 Å². The van der Waals surface area contributed by atoms with Crippen molar-refractivity contribution in [3.05, 3.63) is 71.0 Å². The molecule has 0 aliphatic carbocycles. The van der Waals surface area contributed by atoms with Crippen LogP contribution in [0.5, 0.6) is 0 Å². The number of hydrogen-bond donors (Lipinski definition) is 1. The van der Waals surface area contributed by atoms with Crippen LogP contribution in [0.15, 0.2) is 48.5 Å². The Bertz CT molecular complexity index is 801. The molecule has 6 heteroatoms. The zero-order valence-electron chi connectivity index (χ0n) is 15.5. The third-order valence-corrected chi connectivity index (χ3v) is 4.63. The average molecular weight is 369 g/mol. The Morgan fingerprint density at radius 2 is 1.81 bits per heavy atom. The van der Waals surface area contributed by atoms with Gasteiger partial charge in [-0.25, -0.2) is 4.39 Å². The van der Waals surface area contributed by atoms with Gasteiger partial charge in [0.15, 0.2) is 0 Å². The Kier molecular flexibility index (Phi) is 6.19. The minimum atomic E-state index is -0.327. The summed E-state index contributed by atoms with van der Waals surface area (Å²) in [6, 6.07) is 13.3. The van der Waals surface area contributed by atoms with Crippen LogP contribution >= 0.6 is 0 Å². The molecule has 3 rings (SSSR count). The van der Waals surface area contributed by atoms with Gasteiger partial charge in [-0.05, 0) is 36.8 Å². The minimum Gasteiger partial charge on any atom is -0.339 e. The van der Waals surface area contributed by atoms with E-state index in [-0.39, 0.29) is 30.7 Å². The molecular formula is C21H24FN3O2. The summed E-state index contributed by atoms with van der Waals surface area (Å²) < 4.78 is 13.2. The smallest absolute Gasteiger partial charge is 0.254 e. The van der Waals surface area contributed by atoms with Crippen LogP contribution in [-0.4, -0.2) is 54.3 Å². The lowest BCUT2D eigenvalue weighted by Gasteiger charge is -2.30. The molecule has 5 nitrogen and oxygen atoms in total. The van der Waals surface area contributed by atoms with Gasteiger partial charge in [0.1, 0.15) is 12.4 Å². The summed E-state index contributed by atoms with van der Waals surface area (Å²) in [5.41, 5.74) is 2.31. The standard InChI is InChI=1S/C21H24FN3O2/c1-16-3-2-4-18(13-16)21(27)25(14-17-5-7-19(22)8-6-17)15-20(26)24-11-9-23-10-12-24/h2-8,13,23H,9-12,14-15H2,1H3. The lowest BCUT2D eigenvalue weighted by atomic mass is 10.1. The van der Waals surface area contributed by atoms with Crippen LogP contribution in [0.2, 0.25) is 0 Å². The molecule has 1 aliphatic rings. The summed E-state index contributed by atoms with van der Waals surface area (Å²) in [4.78, 5) is 29.1. The molecule has 2 aromatic carbocycles. The first-order valence-electron chi connectivity index (χ1n) is 9.12. The highest BCUT2D eigenvalue weighted by Gasteiger charge is 2.23. The van der Waals surface area contributed by atoms with Crippen molar-refractivity contribution >= 4 is 11.8 Å². The number of amides is 2. The van der Waals surface area contributed by atoms with E-state index in [9.17, 15) is 14.0 Å². The Hall–Kier alpha value is -2.73. The number of benzene rings is 2. The highest BCUT2D eigenvalue weighted by molar-refractivity contribution is 5.96. The number of halogens is 1. The maximum Gasteiger partial charge on any atom is 0.254 e. The molecule has 1 fully saturated rings. The summed E-state index contributed by atoms with van der Waals surface area (Å²) in [5.74, 6) is -0.599. The molecule has 0 saturated carbocycles. The Labute approximate surface area is 158 Å². The minimum absolute atomic E-state index is 0.00412. The molecule has 27 heavy (non-hydrogen) atoms. The van der Waals surface area contributed by atoms with Crippen LogP contribution in [0.25, 0.3) is 0 Å². The maximum absolute atomic E-state index is 13.2. The van der Waals surface area contributed by atoms with Crippen molar-refractivity contribution < 1.29 is 14.0 Å². The second kappa shape index (κ2) is 8.77. The zero-order valence-corrected chi connectivity index (χ0v) is 15.5. The van der Waals surface area contributed by atoms with Gasteiger partial charge in [0.05, 0.1) is 0 Å². The monoisotopic (exact) mass is 369 g/mol. The second-order valence-corrected chi connectivity index (χ2v) is 6.79. The van der Waals surface area contributed by atoms with Gasteiger partial charge in [-0.3, -0.25) is 9.59 Å². The van der Waals surface area contributed by atoms with Gasteiger partial charge in [-0.1, -0.05) is 29.8 Å². The SMILES string of the molecule is Cc1cccc(C(=O)N(CC(=O)N2CCNCC2)Cc2ccc(F)cc2)c1. The normalized spacial score (nSPS) is 14.1. The van der Waals surface area contributed by atoms with Gasteiger partial charge >= 0.3 is 0 Å². The van der Waals surface area contributed by atoms with E-state index in [4.69, 9.17) is 0 Å². The van der Waals surface area contributed by atoms with Crippen LogP contribution in [0, 0.1) is 12.7 Å². The first-order chi connectivity index (χ1) is 13.0. The molecule has 0 aromatic heterocycles. The third kappa shape index (κ3) is 5.14. The summed E-state index contributed by atoms with van der Waals surface area (Å²) in [6.45, 7) is 4.98. The fourth-order valence-electron chi connectivity index (χ4n) is 3.15. The molecule has 1 saturated heterocycles. The molecular weight excluding hydrogens is 345 g/mol. The fourth-order valence-corrected chi connectivity index (χ4v) is 3.15. The molecule has 2 aromatic rings. The molecule has 1 N–H and O–H groups in total.